The van der Waals surface area contributed by atoms with Gasteiger partial charge in [-0.3, -0.25) is 4.79 Å². The molecular formula is C17H32N2O2. The van der Waals surface area contributed by atoms with E-state index in [1.807, 2.05) is 6.92 Å². The Morgan fingerprint density at radius 2 is 2.05 bits per heavy atom. The highest BCUT2D eigenvalue weighted by atomic mass is 16.5. The molecule has 1 aliphatic carbocycles. The van der Waals surface area contributed by atoms with Gasteiger partial charge in [-0.2, -0.15) is 0 Å². The third-order valence-corrected chi connectivity index (χ3v) is 5.34. The molecule has 0 amide bonds. The van der Waals surface area contributed by atoms with Crippen molar-refractivity contribution in [2.75, 3.05) is 26.2 Å². The van der Waals surface area contributed by atoms with Gasteiger partial charge >= 0.3 is 5.97 Å². The van der Waals surface area contributed by atoms with Crippen LogP contribution in [-0.4, -0.2) is 49.2 Å². The molecule has 1 unspecified atom stereocenters. The summed E-state index contributed by atoms with van der Waals surface area (Å²) in [5, 5.41) is 3.45. The normalized spacial score (nSPS) is 23.2. The molecular weight excluding hydrogens is 264 g/mol. The van der Waals surface area contributed by atoms with Crippen molar-refractivity contribution in [1.82, 2.24) is 10.2 Å². The smallest absolute Gasteiger partial charge is 0.323 e. The van der Waals surface area contributed by atoms with Crippen LogP contribution in [-0.2, 0) is 9.53 Å². The van der Waals surface area contributed by atoms with Crippen LogP contribution in [0.3, 0.4) is 0 Å². The topological polar surface area (TPSA) is 41.6 Å². The van der Waals surface area contributed by atoms with E-state index in [1.165, 1.54) is 45.2 Å². The quantitative estimate of drug-likeness (QED) is 0.664. The van der Waals surface area contributed by atoms with E-state index in [9.17, 15) is 4.79 Å². The monoisotopic (exact) mass is 296 g/mol. The van der Waals surface area contributed by atoms with Gasteiger partial charge in [0.25, 0.3) is 0 Å². The Labute approximate surface area is 129 Å². The fraction of sp³-hybridized carbons (Fsp3) is 0.941. The molecule has 0 aromatic carbocycles. The van der Waals surface area contributed by atoms with Crippen molar-refractivity contribution in [2.24, 2.45) is 5.41 Å². The Balaban J connectivity index is 1.79. The highest BCUT2D eigenvalue weighted by Gasteiger charge is 2.35. The molecule has 1 heterocycles. The lowest BCUT2D eigenvalue weighted by Crippen LogP contribution is -2.42. The summed E-state index contributed by atoms with van der Waals surface area (Å²) in [6.45, 7) is 10.3. The van der Waals surface area contributed by atoms with Gasteiger partial charge in [-0.05, 0) is 57.4 Å². The van der Waals surface area contributed by atoms with Gasteiger partial charge in [0, 0.05) is 19.1 Å². The standard InChI is InChI=1S/C17H32N2O2/c1-4-17(5-2)10-12-19(13-17)11-9-15(16(20)21-6-3)18-14-7-8-14/h14-15,18H,4-13H2,1-3H3. The molecule has 4 nitrogen and oxygen atoms in total. The van der Waals surface area contributed by atoms with Crippen LogP contribution in [0.25, 0.3) is 0 Å². The van der Waals surface area contributed by atoms with E-state index in [1.54, 1.807) is 0 Å². The summed E-state index contributed by atoms with van der Waals surface area (Å²) in [7, 11) is 0. The summed E-state index contributed by atoms with van der Waals surface area (Å²) in [5.41, 5.74) is 0.517. The van der Waals surface area contributed by atoms with Crippen LogP contribution in [0, 0.1) is 5.41 Å². The molecule has 0 aromatic heterocycles. The van der Waals surface area contributed by atoms with Crippen molar-refractivity contribution in [3.8, 4) is 0 Å². The number of ether oxygens (including phenoxy) is 1. The highest BCUT2D eigenvalue weighted by Crippen LogP contribution is 2.36. The first-order valence-corrected chi connectivity index (χ1v) is 8.77. The van der Waals surface area contributed by atoms with Gasteiger partial charge in [0.05, 0.1) is 6.61 Å². The van der Waals surface area contributed by atoms with E-state index in [-0.39, 0.29) is 12.0 Å². The van der Waals surface area contributed by atoms with Crippen LogP contribution >= 0.6 is 0 Å². The van der Waals surface area contributed by atoms with Crippen molar-refractivity contribution in [2.45, 2.75) is 71.4 Å². The second-order valence-corrected chi connectivity index (χ2v) is 6.77. The third kappa shape index (κ3) is 4.68. The van der Waals surface area contributed by atoms with E-state index in [0.29, 0.717) is 18.1 Å². The summed E-state index contributed by atoms with van der Waals surface area (Å²) >= 11 is 0. The van der Waals surface area contributed by atoms with Crippen LogP contribution < -0.4 is 5.32 Å². The molecule has 122 valence electrons. The predicted octanol–water partition coefficient (Wildman–Crippen LogP) is 2.57. The van der Waals surface area contributed by atoms with Gasteiger partial charge < -0.3 is 15.0 Å². The number of esters is 1. The van der Waals surface area contributed by atoms with Gasteiger partial charge in [0.2, 0.25) is 0 Å². The molecule has 2 fully saturated rings. The molecule has 1 aliphatic heterocycles. The predicted molar refractivity (Wildman–Crippen MR) is 85.3 cm³/mol. The van der Waals surface area contributed by atoms with Crippen LogP contribution in [0.15, 0.2) is 0 Å². The highest BCUT2D eigenvalue weighted by molar-refractivity contribution is 5.75. The van der Waals surface area contributed by atoms with Crippen LogP contribution in [0.5, 0.6) is 0 Å². The lowest BCUT2D eigenvalue weighted by atomic mass is 9.82. The van der Waals surface area contributed by atoms with Gasteiger partial charge in [0.1, 0.15) is 6.04 Å². The van der Waals surface area contributed by atoms with Crippen LogP contribution in [0.1, 0.15) is 59.3 Å². The van der Waals surface area contributed by atoms with Gasteiger partial charge in [-0.1, -0.05) is 13.8 Å². The molecule has 1 saturated carbocycles. The zero-order chi connectivity index (χ0) is 15.3. The molecule has 0 aromatic rings. The van der Waals surface area contributed by atoms with Crippen molar-refractivity contribution >= 4 is 5.97 Å². The van der Waals surface area contributed by atoms with Gasteiger partial charge in [-0.25, -0.2) is 0 Å². The first-order chi connectivity index (χ1) is 10.1. The second-order valence-electron chi connectivity index (χ2n) is 6.77. The number of nitrogens with one attached hydrogen (secondary N) is 1. The summed E-state index contributed by atoms with van der Waals surface area (Å²) in [4.78, 5) is 14.6. The molecule has 0 radical (unpaired) electrons. The Morgan fingerprint density at radius 1 is 1.33 bits per heavy atom. The van der Waals surface area contributed by atoms with Crippen molar-refractivity contribution < 1.29 is 9.53 Å². The Kier molecular flexibility index (Phi) is 6.06. The third-order valence-electron chi connectivity index (χ3n) is 5.34. The minimum Gasteiger partial charge on any atom is -0.465 e. The maximum absolute atomic E-state index is 12.0. The minimum atomic E-state index is -0.115. The minimum absolute atomic E-state index is 0.0687. The van der Waals surface area contributed by atoms with E-state index >= 15 is 0 Å². The molecule has 1 N–H and O–H groups in total. The zero-order valence-corrected chi connectivity index (χ0v) is 14.0. The number of likely N-dealkylation sites (tertiary alicyclic amines) is 1. The number of nitrogens with zero attached hydrogens (tertiary/aromatic N) is 1. The largest absolute Gasteiger partial charge is 0.465 e. The fourth-order valence-corrected chi connectivity index (χ4v) is 3.40. The number of carbonyl (C=O) groups excluding carboxylic acids is 1. The van der Waals surface area contributed by atoms with Gasteiger partial charge in [0.15, 0.2) is 0 Å². The molecule has 2 aliphatic rings. The SMILES string of the molecule is CCOC(=O)C(CCN1CCC(CC)(CC)C1)NC1CC1. The van der Waals surface area contributed by atoms with Crippen molar-refractivity contribution in [1.29, 1.82) is 0 Å². The van der Waals surface area contributed by atoms with E-state index in [2.05, 4.69) is 24.1 Å². The second kappa shape index (κ2) is 7.59. The van der Waals surface area contributed by atoms with Gasteiger partial charge in [-0.15, -0.1) is 0 Å². The van der Waals surface area contributed by atoms with Crippen molar-refractivity contribution in [3.05, 3.63) is 0 Å². The fourth-order valence-electron chi connectivity index (χ4n) is 3.40. The molecule has 0 bridgehead atoms. The maximum Gasteiger partial charge on any atom is 0.323 e. The summed E-state index contributed by atoms with van der Waals surface area (Å²) in [6.07, 6.45) is 7.12. The number of hydrogen-bond donors (Lipinski definition) is 1. The lowest BCUT2D eigenvalue weighted by Gasteiger charge is -2.27. The summed E-state index contributed by atoms with van der Waals surface area (Å²) in [5.74, 6) is -0.0687. The maximum atomic E-state index is 12.0. The Bertz CT molecular complexity index is 338. The zero-order valence-electron chi connectivity index (χ0n) is 14.0. The average molecular weight is 296 g/mol. The molecule has 4 heteroatoms. The molecule has 1 atom stereocenters. The van der Waals surface area contributed by atoms with Crippen molar-refractivity contribution in [3.63, 3.8) is 0 Å². The first-order valence-electron chi connectivity index (χ1n) is 8.77. The van der Waals surface area contributed by atoms with Crippen LogP contribution in [0.2, 0.25) is 0 Å². The molecule has 2 rings (SSSR count). The number of carbonyl (C=O) groups is 1. The molecule has 1 saturated heterocycles. The first kappa shape index (κ1) is 16.8. The Morgan fingerprint density at radius 3 is 2.57 bits per heavy atom. The number of hydrogen-bond acceptors (Lipinski definition) is 4. The summed E-state index contributed by atoms with van der Waals surface area (Å²) in [6, 6.07) is 0.430. The van der Waals surface area contributed by atoms with E-state index in [4.69, 9.17) is 4.74 Å². The lowest BCUT2D eigenvalue weighted by molar-refractivity contribution is -0.146. The number of rotatable bonds is 9. The Hall–Kier alpha value is -0.610. The van der Waals surface area contributed by atoms with Crippen LogP contribution in [0.4, 0.5) is 0 Å². The molecule has 0 spiro atoms. The molecule has 21 heavy (non-hydrogen) atoms. The van der Waals surface area contributed by atoms with E-state index in [0.717, 1.165) is 13.0 Å². The average Bonchev–Trinajstić information content (AvgIpc) is 3.22. The summed E-state index contributed by atoms with van der Waals surface area (Å²) < 4.78 is 5.21. The van der Waals surface area contributed by atoms with E-state index < -0.39 is 0 Å².